The van der Waals surface area contributed by atoms with Gasteiger partial charge in [0.2, 0.25) is 0 Å². The Balaban J connectivity index is 3.10. The molecule has 0 atom stereocenters. The van der Waals surface area contributed by atoms with E-state index in [0.29, 0.717) is 5.69 Å². The SMILES string of the molecule is C#CCNC(=O)c1cc([N+](=O)[O-])ccc1NC. The summed E-state index contributed by atoms with van der Waals surface area (Å²) in [4.78, 5) is 21.7. The molecule has 0 fully saturated rings. The number of benzene rings is 1. The zero-order valence-corrected chi connectivity index (χ0v) is 9.19. The topological polar surface area (TPSA) is 84.3 Å². The number of non-ortho nitro benzene ring substituents is 1. The van der Waals surface area contributed by atoms with Gasteiger partial charge >= 0.3 is 0 Å². The summed E-state index contributed by atoms with van der Waals surface area (Å²) in [6, 6.07) is 4.00. The predicted octanol–water partition coefficient (Wildman–Crippen LogP) is 0.999. The molecule has 0 radical (unpaired) electrons. The predicted molar refractivity (Wildman–Crippen MR) is 63.8 cm³/mol. The number of rotatable bonds is 4. The minimum absolute atomic E-state index is 0.0741. The van der Waals surface area contributed by atoms with Crippen molar-refractivity contribution in [3.8, 4) is 12.3 Å². The Bertz CT molecular complexity index is 491. The molecule has 1 aromatic rings. The normalized spacial score (nSPS) is 9.18. The summed E-state index contributed by atoms with van der Waals surface area (Å²) < 4.78 is 0. The van der Waals surface area contributed by atoms with Crippen molar-refractivity contribution in [2.45, 2.75) is 0 Å². The van der Waals surface area contributed by atoms with Crippen LogP contribution in [0, 0.1) is 22.5 Å². The molecule has 6 heteroatoms. The average molecular weight is 233 g/mol. The number of carbonyl (C=O) groups excluding carboxylic acids is 1. The molecule has 17 heavy (non-hydrogen) atoms. The van der Waals surface area contributed by atoms with Crippen LogP contribution >= 0.6 is 0 Å². The van der Waals surface area contributed by atoms with E-state index in [-0.39, 0.29) is 17.8 Å². The third-order valence-corrected chi connectivity index (χ3v) is 2.08. The number of nitro groups is 1. The summed E-state index contributed by atoms with van der Waals surface area (Å²) in [6.07, 6.45) is 5.01. The first kappa shape index (κ1) is 12.5. The number of hydrogen-bond acceptors (Lipinski definition) is 4. The maximum atomic E-state index is 11.7. The van der Waals surface area contributed by atoms with Gasteiger partial charge in [-0.1, -0.05) is 5.92 Å². The highest BCUT2D eigenvalue weighted by atomic mass is 16.6. The van der Waals surface area contributed by atoms with E-state index in [1.165, 1.54) is 18.2 Å². The van der Waals surface area contributed by atoms with Crippen LogP contribution < -0.4 is 10.6 Å². The minimum Gasteiger partial charge on any atom is -0.387 e. The molecule has 0 aliphatic rings. The van der Waals surface area contributed by atoms with E-state index in [2.05, 4.69) is 16.6 Å². The van der Waals surface area contributed by atoms with E-state index in [4.69, 9.17) is 6.42 Å². The Morgan fingerprint density at radius 2 is 2.29 bits per heavy atom. The molecule has 0 heterocycles. The Kier molecular flexibility index (Phi) is 4.06. The lowest BCUT2D eigenvalue weighted by atomic mass is 10.1. The fraction of sp³-hybridized carbons (Fsp3) is 0.182. The van der Waals surface area contributed by atoms with Crippen LogP contribution in [0.5, 0.6) is 0 Å². The zero-order chi connectivity index (χ0) is 12.8. The van der Waals surface area contributed by atoms with Gasteiger partial charge in [0.25, 0.3) is 11.6 Å². The highest BCUT2D eigenvalue weighted by molar-refractivity contribution is 6.00. The van der Waals surface area contributed by atoms with E-state index in [0.717, 1.165) is 0 Å². The molecule has 0 bridgehead atoms. The number of anilines is 1. The third-order valence-electron chi connectivity index (χ3n) is 2.08. The molecule has 6 nitrogen and oxygen atoms in total. The van der Waals surface area contributed by atoms with Gasteiger partial charge in [-0.05, 0) is 6.07 Å². The smallest absolute Gasteiger partial charge is 0.270 e. The average Bonchev–Trinajstić information content (AvgIpc) is 2.34. The monoisotopic (exact) mass is 233 g/mol. The lowest BCUT2D eigenvalue weighted by Crippen LogP contribution is -2.24. The second-order valence-corrected chi connectivity index (χ2v) is 3.12. The minimum atomic E-state index is -0.558. The van der Waals surface area contributed by atoms with Gasteiger partial charge in [-0.25, -0.2) is 0 Å². The van der Waals surface area contributed by atoms with Gasteiger partial charge in [-0.3, -0.25) is 14.9 Å². The van der Waals surface area contributed by atoms with E-state index in [9.17, 15) is 14.9 Å². The molecule has 0 aromatic heterocycles. The van der Waals surface area contributed by atoms with E-state index in [1.54, 1.807) is 7.05 Å². The number of nitrogens with zero attached hydrogens (tertiary/aromatic N) is 1. The summed E-state index contributed by atoms with van der Waals surface area (Å²) >= 11 is 0. The summed E-state index contributed by atoms with van der Waals surface area (Å²) in [7, 11) is 1.62. The van der Waals surface area contributed by atoms with Crippen molar-refractivity contribution >= 4 is 17.3 Å². The summed E-state index contributed by atoms with van der Waals surface area (Å²) in [6.45, 7) is 0.0741. The highest BCUT2D eigenvalue weighted by Gasteiger charge is 2.15. The largest absolute Gasteiger partial charge is 0.387 e. The molecule has 0 unspecified atom stereocenters. The lowest BCUT2D eigenvalue weighted by molar-refractivity contribution is -0.384. The fourth-order valence-electron chi connectivity index (χ4n) is 1.28. The molecule has 1 aromatic carbocycles. The molecule has 2 N–H and O–H groups in total. The summed E-state index contributed by atoms with van der Waals surface area (Å²) in [5, 5.41) is 15.8. The number of nitrogens with one attached hydrogen (secondary N) is 2. The second-order valence-electron chi connectivity index (χ2n) is 3.12. The molecule has 0 saturated carbocycles. The Morgan fingerprint density at radius 1 is 1.59 bits per heavy atom. The number of nitro benzene ring substituents is 1. The lowest BCUT2D eigenvalue weighted by Gasteiger charge is -2.08. The molecule has 0 aliphatic carbocycles. The van der Waals surface area contributed by atoms with Crippen LogP contribution in [0.3, 0.4) is 0 Å². The number of hydrogen-bond donors (Lipinski definition) is 2. The first-order valence-corrected chi connectivity index (χ1v) is 4.78. The van der Waals surface area contributed by atoms with Crippen molar-refractivity contribution in [1.29, 1.82) is 0 Å². The van der Waals surface area contributed by atoms with E-state index >= 15 is 0 Å². The van der Waals surface area contributed by atoms with Crippen LogP contribution in [0.2, 0.25) is 0 Å². The Hall–Kier alpha value is -2.55. The zero-order valence-electron chi connectivity index (χ0n) is 9.19. The molecule has 88 valence electrons. The van der Waals surface area contributed by atoms with Crippen LogP contribution in [-0.4, -0.2) is 24.4 Å². The van der Waals surface area contributed by atoms with Gasteiger partial charge in [0.1, 0.15) is 0 Å². The number of carbonyl (C=O) groups is 1. The van der Waals surface area contributed by atoms with Crippen LogP contribution in [0.15, 0.2) is 18.2 Å². The third kappa shape index (κ3) is 2.95. The van der Waals surface area contributed by atoms with Gasteiger partial charge in [-0.15, -0.1) is 6.42 Å². The van der Waals surface area contributed by atoms with Crippen molar-refractivity contribution in [3.05, 3.63) is 33.9 Å². The first-order chi connectivity index (χ1) is 8.10. The van der Waals surface area contributed by atoms with Gasteiger partial charge < -0.3 is 10.6 Å². The highest BCUT2D eigenvalue weighted by Crippen LogP contribution is 2.21. The Labute approximate surface area is 98.2 Å². The van der Waals surface area contributed by atoms with Gasteiger partial charge in [-0.2, -0.15) is 0 Å². The summed E-state index contributed by atoms with van der Waals surface area (Å²) in [5.74, 6) is 1.81. The maximum absolute atomic E-state index is 11.7. The molecule has 0 spiro atoms. The quantitative estimate of drug-likeness (QED) is 0.461. The molecule has 1 rings (SSSR count). The number of amides is 1. The summed E-state index contributed by atoms with van der Waals surface area (Å²) in [5.41, 5.74) is 0.553. The molecule has 1 amide bonds. The van der Waals surface area contributed by atoms with Gasteiger partial charge in [0, 0.05) is 24.9 Å². The molecule has 0 saturated heterocycles. The molecular weight excluding hydrogens is 222 g/mol. The fourth-order valence-corrected chi connectivity index (χ4v) is 1.28. The van der Waals surface area contributed by atoms with Gasteiger partial charge in [0.05, 0.1) is 17.0 Å². The van der Waals surface area contributed by atoms with Crippen molar-refractivity contribution < 1.29 is 9.72 Å². The van der Waals surface area contributed by atoms with Crippen molar-refractivity contribution in [2.75, 3.05) is 18.9 Å². The van der Waals surface area contributed by atoms with Crippen molar-refractivity contribution in [2.24, 2.45) is 0 Å². The number of terminal acetylenes is 1. The standard InChI is InChI=1S/C11H11N3O3/c1-3-6-13-11(15)9-7-8(14(16)17)4-5-10(9)12-2/h1,4-5,7,12H,6H2,2H3,(H,13,15). The second kappa shape index (κ2) is 5.51. The Morgan fingerprint density at radius 3 is 2.82 bits per heavy atom. The van der Waals surface area contributed by atoms with Crippen LogP contribution in [-0.2, 0) is 0 Å². The van der Waals surface area contributed by atoms with Crippen molar-refractivity contribution in [3.63, 3.8) is 0 Å². The van der Waals surface area contributed by atoms with E-state index < -0.39 is 10.8 Å². The van der Waals surface area contributed by atoms with Gasteiger partial charge in [0.15, 0.2) is 0 Å². The molecular formula is C11H11N3O3. The van der Waals surface area contributed by atoms with Crippen molar-refractivity contribution in [1.82, 2.24) is 5.32 Å². The van der Waals surface area contributed by atoms with Crippen LogP contribution in [0.25, 0.3) is 0 Å². The molecule has 0 aliphatic heterocycles. The van der Waals surface area contributed by atoms with Crippen LogP contribution in [0.4, 0.5) is 11.4 Å². The van der Waals surface area contributed by atoms with Crippen LogP contribution in [0.1, 0.15) is 10.4 Å². The van der Waals surface area contributed by atoms with E-state index in [1.807, 2.05) is 0 Å². The first-order valence-electron chi connectivity index (χ1n) is 4.78. The maximum Gasteiger partial charge on any atom is 0.270 e.